The first kappa shape index (κ1) is 13.9. The van der Waals surface area contributed by atoms with Crippen LogP contribution < -0.4 is 9.47 Å². The van der Waals surface area contributed by atoms with E-state index in [0.717, 1.165) is 5.56 Å². The Morgan fingerprint density at radius 1 is 1.20 bits per heavy atom. The van der Waals surface area contributed by atoms with Gasteiger partial charge in [0.05, 0.1) is 7.11 Å². The van der Waals surface area contributed by atoms with Crippen molar-refractivity contribution < 1.29 is 18.7 Å². The number of methoxy groups -OCH3 is 1. The molecule has 0 aliphatic carbocycles. The Hall–Kier alpha value is -2.49. The lowest BCUT2D eigenvalue weighted by molar-refractivity contribution is 0.109. The molecule has 0 saturated carbocycles. The molecule has 0 radical (unpaired) electrons. The topological polar surface area (TPSA) is 48.7 Å². The molecule has 4 nitrogen and oxygen atoms in total. The summed E-state index contributed by atoms with van der Waals surface area (Å²) in [7, 11) is 1.60. The van der Waals surface area contributed by atoms with E-state index in [1.165, 1.54) is 0 Å². The van der Waals surface area contributed by atoms with Crippen molar-refractivity contribution in [2.75, 3.05) is 7.11 Å². The summed E-state index contributed by atoms with van der Waals surface area (Å²) in [6.45, 7) is 2.20. The Kier molecular flexibility index (Phi) is 4.60. The van der Waals surface area contributed by atoms with Crippen molar-refractivity contribution in [2.24, 2.45) is 0 Å². The molecule has 0 spiro atoms. The molecule has 0 bridgehead atoms. The molecule has 0 unspecified atom stereocenters. The van der Waals surface area contributed by atoms with Crippen LogP contribution in [0, 0.1) is 0 Å². The maximum Gasteiger partial charge on any atom is 0.185 e. The van der Waals surface area contributed by atoms with E-state index in [4.69, 9.17) is 13.9 Å². The van der Waals surface area contributed by atoms with Crippen LogP contribution in [0.15, 0.2) is 40.8 Å². The number of hydrogen-bond donors (Lipinski definition) is 0. The van der Waals surface area contributed by atoms with Crippen molar-refractivity contribution in [1.29, 1.82) is 0 Å². The second kappa shape index (κ2) is 6.61. The summed E-state index contributed by atoms with van der Waals surface area (Å²) < 4.78 is 16.2. The van der Waals surface area contributed by atoms with Gasteiger partial charge in [-0.25, -0.2) is 0 Å². The Balaban J connectivity index is 2.10. The zero-order valence-electron chi connectivity index (χ0n) is 11.5. The molecule has 104 valence electrons. The van der Waals surface area contributed by atoms with Gasteiger partial charge in [0, 0.05) is 0 Å². The molecule has 1 heterocycles. The van der Waals surface area contributed by atoms with Gasteiger partial charge in [-0.1, -0.05) is 18.2 Å². The van der Waals surface area contributed by atoms with Crippen molar-refractivity contribution in [3.63, 3.8) is 0 Å². The highest BCUT2D eigenvalue weighted by Crippen LogP contribution is 2.29. The van der Waals surface area contributed by atoms with E-state index in [1.807, 2.05) is 37.3 Å². The quantitative estimate of drug-likeness (QED) is 0.752. The van der Waals surface area contributed by atoms with Crippen LogP contribution >= 0.6 is 0 Å². The summed E-state index contributed by atoms with van der Waals surface area (Å²) in [6.07, 6.45) is 4.60. The summed E-state index contributed by atoms with van der Waals surface area (Å²) in [5.41, 5.74) is 1.04. The molecule has 0 saturated heterocycles. The number of rotatable bonds is 6. The molecule has 2 aromatic rings. The largest absolute Gasteiger partial charge is 0.493 e. The molecule has 0 aliphatic rings. The Bertz CT molecular complexity index is 611. The maximum absolute atomic E-state index is 10.5. The normalized spacial score (nSPS) is 10.7. The first-order valence-electron chi connectivity index (χ1n) is 6.24. The van der Waals surface area contributed by atoms with Crippen LogP contribution in [0.2, 0.25) is 0 Å². The van der Waals surface area contributed by atoms with Crippen LogP contribution in [-0.4, -0.2) is 13.4 Å². The molecule has 1 aromatic carbocycles. The van der Waals surface area contributed by atoms with Crippen molar-refractivity contribution in [3.8, 4) is 11.5 Å². The monoisotopic (exact) mass is 272 g/mol. The lowest BCUT2D eigenvalue weighted by atomic mass is 10.2. The number of carbonyl (C=O) groups excluding carboxylic acids is 1. The number of ether oxygens (including phenoxy) is 2. The molecule has 0 fully saturated rings. The van der Waals surface area contributed by atoms with Crippen LogP contribution in [0.5, 0.6) is 11.5 Å². The first-order valence-corrected chi connectivity index (χ1v) is 6.24. The lowest BCUT2D eigenvalue weighted by Crippen LogP contribution is -1.97. The van der Waals surface area contributed by atoms with Gasteiger partial charge in [-0.3, -0.25) is 4.79 Å². The minimum absolute atomic E-state index is 0.243. The van der Waals surface area contributed by atoms with E-state index in [9.17, 15) is 4.79 Å². The Morgan fingerprint density at radius 2 is 2.05 bits per heavy atom. The van der Waals surface area contributed by atoms with Crippen LogP contribution in [0.4, 0.5) is 0 Å². The third-order valence-corrected chi connectivity index (χ3v) is 2.72. The van der Waals surface area contributed by atoms with Gasteiger partial charge in [-0.05, 0) is 36.8 Å². The molecule has 0 aliphatic heterocycles. The molecule has 4 heteroatoms. The van der Waals surface area contributed by atoms with Gasteiger partial charge in [0.15, 0.2) is 23.5 Å². The predicted octanol–water partition coefficient (Wildman–Crippen LogP) is 3.71. The number of aldehydes is 1. The van der Waals surface area contributed by atoms with Gasteiger partial charge >= 0.3 is 0 Å². The summed E-state index contributed by atoms with van der Waals surface area (Å²) in [5.74, 6) is 2.17. The van der Waals surface area contributed by atoms with E-state index in [0.29, 0.717) is 29.3 Å². The molecular formula is C16H16O4. The molecular weight excluding hydrogens is 256 g/mol. The lowest BCUT2D eigenvalue weighted by Gasteiger charge is -2.10. The molecule has 0 N–H and O–H groups in total. The van der Waals surface area contributed by atoms with Crippen LogP contribution in [0.25, 0.3) is 6.08 Å². The minimum Gasteiger partial charge on any atom is -0.493 e. The average Bonchev–Trinajstić information content (AvgIpc) is 2.94. The van der Waals surface area contributed by atoms with Crippen molar-refractivity contribution in [2.45, 2.75) is 13.5 Å². The van der Waals surface area contributed by atoms with Crippen molar-refractivity contribution >= 4 is 12.4 Å². The summed E-state index contributed by atoms with van der Waals surface area (Å²) in [6, 6.07) is 9.01. The van der Waals surface area contributed by atoms with Crippen molar-refractivity contribution in [1.82, 2.24) is 0 Å². The Labute approximate surface area is 117 Å². The first-order chi connectivity index (χ1) is 9.76. The molecule has 2 rings (SSSR count). The molecule has 0 atom stereocenters. The number of carbonyl (C=O) groups is 1. The van der Waals surface area contributed by atoms with Gasteiger partial charge in [-0.2, -0.15) is 0 Å². The van der Waals surface area contributed by atoms with E-state index >= 15 is 0 Å². The highest BCUT2D eigenvalue weighted by molar-refractivity contribution is 5.70. The number of furan rings is 1. The summed E-state index contributed by atoms with van der Waals surface area (Å²) in [4.78, 5) is 10.5. The summed E-state index contributed by atoms with van der Waals surface area (Å²) in [5, 5.41) is 0. The fourth-order valence-corrected chi connectivity index (χ4v) is 1.78. The number of benzene rings is 1. The highest BCUT2D eigenvalue weighted by Gasteiger charge is 2.07. The predicted molar refractivity (Wildman–Crippen MR) is 76.1 cm³/mol. The van der Waals surface area contributed by atoms with Gasteiger partial charge in [0.25, 0.3) is 0 Å². The SMILES string of the molecule is C/C=C/c1ccc(OCc2ccc(C=O)o2)c(OC)c1. The maximum atomic E-state index is 10.5. The van der Waals surface area contributed by atoms with Crippen LogP contribution in [0.3, 0.4) is 0 Å². The number of allylic oxidation sites excluding steroid dienone is 1. The van der Waals surface area contributed by atoms with Gasteiger partial charge in [0.1, 0.15) is 12.4 Å². The summed E-state index contributed by atoms with van der Waals surface area (Å²) >= 11 is 0. The zero-order valence-corrected chi connectivity index (χ0v) is 11.5. The average molecular weight is 272 g/mol. The zero-order chi connectivity index (χ0) is 14.4. The molecule has 1 aromatic heterocycles. The standard InChI is InChI=1S/C16H16O4/c1-3-4-12-5-8-15(16(9-12)18-2)19-11-14-7-6-13(10-17)20-14/h3-10H,11H2,1-2H3/b4-3+. The molecule has 0 amide bonds. The van der Waals surface area contributed by atoms with Gasteiger partial charge in [0.2, 0.25) is 0 Å². The second-order valence-corrected chi connectivity index (χ2v) is 4.12. The number of hydrogen-bond acceptors (Lipinski definition) is 4. The minimum atomic E-state index is 0.243. The van der Waals surface area contributed by atoms with Crippen molar-refractivity contribution in [3.05, 3.63) is 53.5 Å². The third kappa shape index (κ3) is 3.29. The van der Waals surface area contributed by atoms with E-state index in [1.54, 1.807) is 19.2 Å². The Morgan fingerprint density at radius 3 is 2.70 bits per heavy atom. The highest BCUT2D eigenvalue weighted by atomic mass is 16.5. The van der Waals surface area contributed by atoms with E-state index in [-0.39, 0.29) is 6.61 Å². The van der Waals surface area contributed by atoms with Gasteiger partial charge < -0.3 is 13.9 Å². The van der Waals surface area contributed by atoms with E-state index < -0.39 is 0 Å². The fraction of sp³-hybridized carbons (Fsp3) is 0.188. The third-order valence-electron chi connectivity index (χ3n) is 2.72. The fourth-order valence-electron chi connectivity index (χ4n) is 1.78. The van der Waals surface area contributed by atoms with Crippen LogP contribution in [-0.2, 0) is 6.61 Å². The second-order valence-electron chi connectivity index (χ2n) is 4.12. The van der Waals surface area contributed by atoms with E-state index in [2.05, 4.69) is 0 Å². The van der Waals surface area contributed by atoms with Crippen LogP contribution in [0.1, 0.15) is 28.8 Å². The van der Waals surface area contributed by atoms with Gasteiger partial charge in [-0.15, -0.1) is 0 Å². The smallest absolute Gasteiger partial charge is 0.185 e. The molecule has 20 heavy (non-hydrogen) atoms.